The van der Waals surface area contributed by atoms with Crippen LogP contribution in [0.1, 0.15) is 75.6 Å². The highest BCUT2D eigenvalue weighted by molar-refractivity contribution is 7.80. The van der Waals surface area contributed by atoms with E-state index in [1.165, 1.54) is 23.3 Å². The zero-order valence-electron chi connectivity index (χ0n) is 18.7. The molecule has 1 atom stereocenters. The number of aromatic nitrogens is 2. The second-order valence-electron chi connectivity index (χ2n) is 9.94. The van der Waals surface area contributed by atoms with Crippen LogP contribution in [0.4, 0.5) is 0 Å². The van der Waals surface area contributed by atoms with Crippen LogP contribution in [0.15, 0.2) is 6.07 Å². The summed E-state index contributed by atoms with van der Waals surface area (Å²) in [5, 5.41) is 10.5. The molecule has 0 radical (unpaired) electrons. The number of aromatic amines is 1. The Kier molecular flexibility index (Phi) is 6.30. The average molecular weight is 470 g/mol. The number of Topliss-reactive ketones (excluding diaryl/α,β-unsaturated/α-hetero) is 1. The van der Waals surface area contributed by atoms with E-state index in [-0.39, 0.29) is 11.8 Å². The summed E-state index contributed by atoms with van der Waals surface area (Å²) in [6.45, 7) is 2.76. The van der Waals surface area contributed by atoms with Crippen LogP contribution in [0.2, 0.25) is 0 Å². The van der Waals surface area contributed by atoms with Crippen molar-refractivity contribution in [1.82, 2.24) is 15.5 Å². The van der Waals surface area contributed by atoms with E-state index >= 15 is 0 Å². The van der Waals surface area contributed by atoms with Crippen LogP contribution in [0.25, 0.3) is 0 Å². The van der Waals surface area contributed by atoms with Gasteiger partial charge in [-0.1, -0.05) is 12.2 Å². The van der Waals surface area contributed by atoms with Crippen molar-refractivity contribution in [2.24, 2.45) is 17.8 Å². The van der Waals surface area contributed by atoms with Crippen molar-refractivity contribution in [3.8, 4) is 0 Å². The molecule has 170 valence electrons. The van der Waals surface area contributed by atoms with E-state index in [4.69, 9.17) is 12.2 Å². The number of carbonyl (C=O) groups excluding carboxylic acids is 2. The van der Waals surface area contributed by atoms with E-state index in [0.717, 1.165) is 78.2 Å². The molecule has 0 aromatic carbocycles. The number of hydrogen-bond donors (Lipinski definition) is 2. The third-order valence-electron chi connectivity index (χ3n) is 6.93. The van der Waals surface area contributed by atoms with Gasteiger partial charge in [-0.15, -0.1) is 11.3 Å². The number of aryl methyl sites for hydroxylation is 2. The first-order valence-electron chi connectivity index (χ1n) is 11.9. The van der Waals surface area contributed by atoms with Gasteiger partial charge >= 0.3 is 0 Å². The first-order chi connectivity index (χ1) is 15.5. The van der Waals surface area contributed by atoms with Crippen LogP contribution in [0.5, 0.6) is 0 Å². The van der Waals surface area contributed by atoms with Gasteiger partial charge in [0.15, 0.2) is 0 Å². The fourth-order valence-electron chi connectivity index (χ4n) is 4.79. The molecular weight excluding hydrogens is 438 g/mol. The van der Waals surface area contributed by atoms with Gasteiger partial charge in [-0.2, -0.15) is 5.10 Å². The molecule has 7 heteroatoms. The Balaban J connectivity index is 1.30. The number of carbonyl (C=O) groups is 2. The lowest BCUT2D eigenvalue weighted by atomic mass is 9.82. The maximum atomic E-state index is 13.2. The molecule has 2 heterocycles. The quantitative estimate of drug-likeness (QED) is 0.501. The van der Waals surface area contributed by atoms with Crippen molar-refractivity contribution in [2.45, 2.75) is 71.1 Å². The summed E-state index contributed by atoms with van der Waals surface area (Å²) in [4.78, 5) is 29.1. The molecule has 32 heavy (non-hydrogen) atoms. The van der Waals surface area contributed by atoms with Gasteiger partial charge in [0, 0.05) is 40.8 Å². The van der Waals surface area contributed by atoms with Gasteiger partial charge in [-0.25, -0.2) is 0 Å². The van der Waals surface area contributed by atoms with Crippen molar-refractivity contribution in [3.63, 3.8) is 0 Å². The lowest BCUT2D eigenvalue weighted by Crippen LogP contribution is -2.28. The molecule has 0 unspecified atom stereocenters. The van der Waals surface area contributed by atoms with Crippen LogP contribution < -0.4 is 5.32 Å². The number of thiocarbonyl (C=S) groups is 1. The molecule has 2 fully saturated rings. The van der Waals surface area contributed by atoms with E-state index in [1.807, 2.05) is 6.92 Å². The Labute approximate surface area is 198 Å². The van der Waals surface area contributed by atoms with Gasteiger partial charge in [0.05, 0.1) is 11.3 Å². The predicted molar refractivity (Wildman–Crippen MR) is 131 cm³/mol. The smallest absolute Gasteiger partial charge is 0.252 e. The molecule has 1 amide bonds. The molecule has 0 saturated heterocycles. The fourth-order valence-corrected chi connectivity index (χ4v) is 6.53. The maximum Gasteiger partial charge on any atom is 0.252 e. The predicted octanol–water partition coefficient (Wildman–Crippen LogP) is 4.55. The van der Waals surface area contributed by atoms with Crippen molar-refractivity contribution < 1.29 is 9.59 Å². The summed E-state index contributed by atoms with van der Waals surface area (Å²) in [6, 6.07) is 2.05. The molecule has 5 nitrogen and oxygen atoms in total. The van der Waals surface area contributed by atoms with Crippen molar-refractivity contribution >= 4 is 40.1 Å². The Bertz CT molecular complexity index is 1050. The second kappa shape index (κ2) is 9.18. The summed E-state index contributed by atoms with van der Waals surface area (Å²) in [6.07, 6.45) is 9.45. The van der Waals surface area contributed by atoms with Gasteiger partial charge in [-0.05, 0) is 86.6 Å². The number of thiophene rings is 1. The summed E-state index contributed by atoms with van der Waals surface area (Å²) in [5.74, 6) is 1.66. The highest BCUT2D eigenvalue weighted by Crippen LogP contribution is 2.40. The summed E-state index contributed by atoms with van der Waals surface area (Å²) >= 11 is 7.42. The highest BCUT2D eigenvalue weighted by Gasteiger charge is 2.34. The fraction of sp³-hybridized carbons (Fsp3) is 0.600. The second-order valence-corrected chi connectivity index (χ2v) is 11.7. The Morgan fingerprint density at radius 1 is 1.19 bits per heavy atom. The van der Waals surface area contributed by atoms with Crippen molar-refractivity contribution in [2.75, 3.05) is 6.54 Å². The normalized spacial score (nSPS) is 20.1. The molecule has 3 aliphatic rings. The molecule has 3 aliphatic carbocycles. The van der Waals surface area contributed by atoms with E-state index in [1.54, 1.807) is 11.3 Å². The molecule has 0 spiro atoms. The number of amides is 1. The van der Waals surface area contributed by atoms with Crippen molar-refractivity contribution in [1.29, 1.82) is 0 Å². The Hall–Kier alpha value is -1.86. The molecule has 2 aromatic rings. The zero-order chi connectivity index (χ0) is 22.2. The largest absolute Gasteiger partial charge is 0.352 e. The van der Waals surface area contributed by atoms with Crippen LogP contribution in [0.3, 0.4) is 0 Å². The number of ketones is 1. The lowest BCUT2D eigenvalue weighted by Gasteiger charge is -2.23. The molecule has 2 aromatic heterocycles. The van der Waals surface area contributed by atoms with E-state index in [9.17, 15) is 9.59 Å². The Morgan fingerprint density at radius 3 is 2.69 bits per heavy atom. The van der Waals surface area contributed by atoms with Crippen molar-refractivity contribution in [3.05, 3.63) is 38.3 Å². The van der Waals surface area contributed by atoms with Crippen LogP contribution in [-0.2, 0) is 30.5 Å². The average Bonchev–Trinajstić information content (AvgIpc) is 3.67. The van der Waals surface area contributed by atoms with Crippen LogP contribution in [0, 0.1) is 24.7 Å². The lowest BCUT2D eigenvalue weighted by molar-refractivity contribution is -0.119. The minimum Gasteiger partial charge on any atom is -0.352 e. The molecular formula is C25H31N3O2S2. The molecule has 0 bridgehead atoms. The van der Waals surface area contributed by atoms with Crippen LogP contribution in [-0.4, -0.2) is 33.3 Å². The standard InChI is InChI=1S/C25H31N3O2S2/c1-14-8-18(28-27-14)11-19(31)9-16-4-7-22-20(10-16)24(25(30)26-13-15-2-3-15)23(32-22)12-21(29)17-5-6-17/h8,15-17H,2-7,9-13H2,1H3,(H,26,30)(H,27,28)/t16-/m1/s1. The minimum atomic E-state index is 0.0308. The molecule has 2 N–H and O–H groups in total. The van der Waals surface area contributed by atoms with E-state index in [0.29, 0.717) is 24.0 Å². The molecule has 2 saturated carbocycles. The Morgan fingerprint density at radius 2 is 2.00 bits per heavy atom. The van der Waals surface area contributed by atoms with E-state index in [2.05, 4.69) is 21.6 Å². The number of rotatable bonds is 10. The third-order valence-corrected chi connectivity index (χ3v) is 8.54. The van der Waals surface area contributed by atoms with E-state index < -0.39 is 0 Å². The third kappa shape index (κ3) is 5.20. The van der Waals surface area contributed by atoms with Gasteiger partial charge in [0.2, 0.25) is 0 Å². The summed E-state index contributed by atoms with van der Waals surface area (Å²) in [7, 11) is 0. The first-order valence-corrected chi connectivity index (χ1v) is 13.2. The molecule has 5 rings (SSSR count). The number of nitrogens with zero attached hydrogens (tertiary/aromatic N) is 1. The maximum absolute atomic E-state index is 13.2. The van der Waals surface area contributed by atoms with Gasteiger partial charge in [0.1, 0.15) is 5.78 Å². The molecule has 0 aliphatic heterocycles. The van der Waals surface area contributed by atoms with Gasteiger partial charge < -0.3 is 5.32 Å². The summed E-state index contributed by atoms with van der Waals surface area (Å²) in [5.41, 5.74) is 4.06. The topological polar surface area (TPSA) is 74.8 Å². The number of nitrogens with one attached hydrogen (secondary N) is 2. The number of fused-ring (bicyclic) bond motifs is 1. The monoisotopic (exact) mass is 469 g/mol. The van der Waals surface area contributed by atoms with Gasteiger partial charge in [-0.3, -0.25) is 14.7 Å². The SMILES string of the molecule is Cc1cc(CC(=S)C[C@H]2CCc3sc(CC(=O)C4CC4)c(C(=O)NCC4CC4)c3C2)n[nH]1. The first kappa shape index (κ1) is 22.0. The number of hydrogen-bond acceptors (Lipinski definition) is 5. The van der Waals surface area contributed by atoms with Crippen LogP contribution >= 0.6 is 23.6 Å². The zero-order valence-corrected chi connectivity index (χ0v) is 20.3. The minimum absolute atomic E-state index is 0.0308. The number of H-pyrrole nitrogens is 1. The summed E-state index contributed by atoms with van der Waals surface area (Å²) < 4.78 is 0. The van der Waals surface area contributed by atoms with Gasteiger partial charge in [0.25, 0.3) is 5.91 Å². The highest BCUT2D eigenvalue weighted by atomic mass is 32.1.